The van der Waals surface area contributed by atoms with Crippen LogP contribution < -0.4 is 17.0 Å². The van der Waals surface area contributed by atoms with Gasteiger partial charge in [-0.1, -0.05) is 285 Å². The van der Waals surface area contributed by atoms with Gasteiger partial charge in [0.25, 0.3) is 0 Å². The fraction of sp³-hybridized carbons (Fsp3) is 1.00. The first-order chi connectivity index (χ1) is 28.2. The third-order valence-electron chi connectivity index (χ3n) is 13.9. The Hall–Kier alpha value is 0.440. The lowest BCUT2D eigenvalue weighted by molar-refractivity contribution is -0.929. The topological polar surface area (TPSA) is 0 Å². The van der Waals surface area contributed by atoms with Gasteiger partial charge in [0.1, 0.15) is 0 Å². The molecule has 58 heavy (non-hydrogen) atoms. The van der Waals surface area contributed by atoms with Gasteiger partial charge in [-0.3, -0.25) is 0 Å². The van der Waals surface area contributed by atoms with Crippen LogP contribution in [0.2, 0.25) is 0 Å². The SMILES string of the molecule is CCCCCCCCCCCCCCCCCC[N+](CCCCCCCCCC)(CCCCCCCCCC)CCCCCCCCCCCCCCCCCC.[Br-]. The van der Waals surface area contributed by atoms with Crippen LogP contribution >= 0.6 is 0 Å². The van der Waals surface area contributed by atoms with Crippen LogP contribution in [0.25, 0.3) is 0 Å². The molecule has 0 N–H and O–H groups in total. The molecule has 0 saturated heterocycles. The summed E-state index contributed by atoms with van der Waals surface area (Å²) in [5, 5.41) is 0. The van der Waals surface area contributed by atoms with Crippen LogP contribution in [-0.2, 0) is 0 Å². The summed E-state index contributed by atoms with van der Waals surface area (Å²) in [5.74, 6) is 0. The van der Waals surface area contributed by atoms with Crippen molar-refractivity contribution in [2.24, 2.45) is 0 Å². The summed E-state index contributed by atoms with van der Waals surface area (Å²) in [4.78, 5) is 0. The average Bonchev–Trinajstić information content (AvgIpc) is 3.22. The highest BCUT2D eigenvalue weighted by Crippen LogP contribution is 2.22. The maximum absolute atomic E-state index is 2.35. The molecule has 0 aromatic rings. The van der Waals surface area contributed by atoms with Gasteiger partial charge < -0.3 is 21.5 Å². The van der Waals surface area contributed by atoms with Gasteiger partial charge in [-0.2, -0.15) is 0 Å². The van der Waals surface area contributed by atoms with E-state index in [9.17, 15) is 0 Å². The van der Waals surface area contributed by atoms with Crippen molar-refractivity contribution < 1.29 is 21.5 Å². The molecule has 0 rings (SSSR count). The van der Waals surface area contributed by atoms with Crippen molar-refractivity contribution in [3.63, 3.8) is 0 Å². The lowest BCUT2D eigenvalue weighted by Gasteiger charge is -2.40. The third-order valence-corrected chi connectivity index (χ3v) is 13.9. The lowest BCUT2D eigenvalue weighted by atomic mass is 10.0. The molecule has 1 nitrogen and oxygen atoms in total. The van der Waals surface area contributed by atoms with Crippen molar-refractivity contribution in [2.45, 2.75) is 336 Å². The normalized spacial score (nSPS) is 11.8. The van der Waals surface area contributed by atoms with Gasteiger partial charge in [-0.25, -0.2) is 0 Å². The van der Waals surface area contributed by atoms with Crippen LogP contribution in [0.4, 0.5) is 0 Å². The molecular formula is C56H116BrN. The fourth-order valence-electron chi connectivity index (χ4n) is 9.82. The van der Waals surface area contributed by atoms with E-state index in [1.165, 1.54) is 339 Å². The Labute approximate surface area is 381 Å². The number of rotatable bonds is 52. The standard InChI is InChI=1S/C56H116N.BrH/c1-5-9-13-17-21-25-27-29-31-33-35-37-39-43-47-51-55-57(53-49-45-41-23-19-15-11-7-3,54-50-46-42-24-20-16-12-8-4)56-52-48-44-40-38-36-34-32-30-28-26-22-18-14-10-6-2;/h5-56H2,1-4H3;1H/q+1;/p-1. The molecular weight excluding hydrogens is 767 g/mol. The molecule has 0 spiro atoms. The number of halogens is 1. The largest absolute Gasteiger partial charge is 1.00 e. The van der Waals surface area contributed by atoms with E-state index in [0.717, 1.165) is 0 Å². The van der Waals surface area contributed by atoms with E-state index in [1.54, 1.807) is 0 Å². The van der Waals surface area contributed by atoms with E-state index in [2.05, 4.69) is 27.7 Å². The molecule has 2 heteroatoms. The first-order valence-corrected chi connectivity index (χ1v) is 28.1. The van der Waals surface area contributed by atoms with E-state index in [1.807, 2.05) is 0 Å². The van der Waals surface area contributed by atoms with Gasteiger partial charge in [-0.05, 0) is 51.4 Å². The van der Waals surface area contributed by atoms with E-state index in [4.69, 9.17) is 0 Å². The van der Waals surface area contributed by atoms with Gasteiger partial charge in [-0.15, -0.1) is 0 Å². The zero-order valence-corrected chi connectivity index (χ0v) is 43.2. The smallest absolute Gasteiger partial charge is 0.0786 e. The van der Waals surface area contributed by atoms with Crippen LogP contribution in [0.5, 0.6) is 0 Å². The third kappa shape index (κ3) is 47.5. The van der Waals surface area contributed by atoms with Crippen LogP contribution in [0.1, 0.15) is 336 Å². The minimum atomic E-state index is 0. The van der Waals surface area contributed by atoms with Crippen molar-refractivity contribution in [3.05, 3.63) is 0 Å². The maximum Gasteiger partial charge on any atom is 0.0786 e. The van der Waals surface area contributed by atoms with Crippen LogP contribution in [-0.4, -0.2) is 30.7 Å². The summed E-state index contributed by atoms with van der Waals surface area (Å²) in [6.45, 7) is 15.3. The molecule has 0 aromatic heterocycles. The average molecular weight is 883 g/mol. The number of hydrogen-bond acceptors (Lipinski definition) is 0. The van der Waals surface area contributed by atoms with Gasteiger partial charge in [0, 0.05) is 0 Å². The predicted molar refractivity (Wildman–Crippen MR) is 264 cm³/mol. The number of quaternary nitrogens is 1. The highest BCUT2D eigenvalue weighted by molar-refractivity contribution is 4.57. The Morgan fingerprint density at radius 2 is 0.259 bits per heavy atom. The monoisotopic (exact) mass is 882 g/mol. The molecule has 0 aromatic carbocycles. The summed E-state index contributed by atoms with van der Waals surface area (Å²) < 4.78 is 1.49. The molecule has 0 amide bonds. The summed E-state index contributed by atoms with van der Waals surface area (Å²) >= 11 is 0. The summed E-state index contributed by atoms with van der Waals surface area (Å²) in [5.41, 5.74) is 0. The molecule has 0 bridgehead atoms. The molecule has 0 aliphatic rings. The predicted octanol–water partition coefficient (Wildman–Crippen LogP) is 17.6. The highest BCUT2D eigenvalue weighted by atomic mass is 79.9. The molecule has 0 aliphatic heterocycles. The Morgan fingerprint density at radius 3 is 0.379 bits per heavy atom. The van der Waals surface area contributed by atoms with Gasteiger partial charge >= 0.3 is 0 Å². The highest BCUT2D eigenvalue weighted by Gasteiger charge is 2.25. The molecule has 0 fully saturated rings. The van der Waals surface area contributed by atoms with Gasteiger partial charge in [0.2, 0.25) is 0 Å². The second-order valence-electron chi connectivity index (χ2n) is 19.8. The number of unbranched alkanes of at least 4 members (excludes halogenated alkanes) is 44. The second-order valence-corrected chi connectivity index (χ2v) is 19.8. The molecule has 0 unspecified atom stereocenters. The van der Waals surface area contributed by atoms with Crippen molar-refractivity contribution in [1.82, 2.24) is 0 Å². The minimum absolute atomic E-state index is 0. The van der Waals surface area contributed by atoms with E-state index in [0.29, 0.717) is 0 Å². The quantitative estimate of drug-likeness (QED) is 0.0422. The Kier molecular flexibility index (Phi) is 55.9. The molecule has 0 aliphatic carbocycles. The van der Waals surface area contributed by atoms with Crippen molar-refractivity contribution in [1.29, 1.82) is 0 Å². The Bertz CT molecular complexity index is 634. The summed E-state index contributed by atoms with van der Waals surface area (Å²) in [6, 6.07) is 0. The fourth-order valence-corrected chi connectivity index (χ4v) is 9.82. The zero-order valence-electron chi connectivity index (χ0n) is 41.6. The van der Waals surface area contributed by atoms with Crippen molar-refractivity contribution in [3.8, 4) is 0 Å². The number of nitrogens with zero attached hydrogens (tertiary/aromatic N) is 1. The second kappa shape index (κ2) is 53.6. The summed E-state index contributed by atoms with van der Waals surface area (Å²) in [6.07, 6.45) is 70.7. The van der Waals surface area contributed by atoms with E-state index >= 15 is 0 Å². The Balaban J connectivity index is 0. The molecule has 0 saturated carbocycles. The van der Waals surface area contributed by atoms with E-state index in [-0.39, 0.29) is 17.0 Å². The van der Waals surface area contributed by atoms with Crippen molar-refractivity contribution >= 4 is 0 Å². The van der Waals surface area contributed by atoms with Crippen molar-refractivity contribution in [2.75, 3.05) is 26.2 Å². The van der Waals surface area contributed by atoms with Gasteiger partial charge in [0.05, 0.1) is 26.2 Å². The lowest BCUT2D eigenvalue weighted by Crippen LogP contribution is -3.00. The maximum atomic E-state index is 2.35. The summed E-state index contributed by atoms with van der Waals surface area (Å²) in [7, 11) is 0. The minimum Gasteiger partial charge on any atom is -1.00 e. The molecule has 0 atom stereocenters. The zero-order chi connectivity index (χ0) is 41.3. The number of hydrogen-bond donors (Lipinski definition) is 0. The van der Waals surface area contributed by atoms with Crippen LogP contribution in [0.15, 0.2) is 0 Å². The molecule has 352 valence electrons. The molecule has 0 heterocycles. The first kappa shape index (κ1) is 60.5. The molecule has 0 radical (unpaired) electrons. The van der Waals surface area contributed by atoms with E-state index < -0.39 is 0 Å². The van der Waals surface area contributed by atoms with Crippen LogP contribution in [0.3, 0.4) is 0 Å². The Morgan fingerprint density at radius 1 is 0.155 bits per heavy atom. The van der Waals surface area contributed by atoms with Crippen LogP contribution in [0, 0.1) is 0 Å². The first-order valence-electron chi connectivity index (χ1n) is 28.1. The van der Waals surface area contributed by atoms with Gasteiger partial charge in [0.15, 0.2) is 0 Å².